The van der Waals surface area contributed by atoms with Crippen LogP contribution in [0.2, 0.25) is 5.02 Å². The Bertz CT molecular complexity index is 407. The van der Waals surface area contributed by atoms with Crippen LogP contribution in [-0.2, 0) is 0 Å². The molecule has 4 heteroatoms. The fourth-order valence-electron chi connectivity index (χ4n) is 0.814. The molecule has 2 N–H and O–H groups in total. The molecule has 14 heavy (non-hydrogen) atoms. The van der Waals surface area contributed by atoms with Crippen molar-refractivity contribution < 1.29 is 4.39 Å². The van der Waals surface area contributed by atoms with Crippen molar-refractivity contribution in [3.05, 3.63) is 33.0 Å². The predicted molar refractivity (Wildman–Crippen MR) is 59.6 cm³/mol. The van der Waals surface area contributed by atoms with Crippen LogP contribution in [0.15, 0.2) is 16.6 Å². The van der Waals surface area contributed by atoms with Gasteiger partial charge < -0.3 is 5.73 Å². The van der Waals surface area contributed by atoms with Crippen LogP contribution in [-0.4, -0.2) is 6.04 Å². The van der Waals surface area contributed by atoms with Crippen LogP contribution in [0.1, 0.15) is 12.5 Å². The van der Waals surface area contributed by atoms with Gasteiger partial charge in [-0.25, -0.2) is 4.39 Å². The van der Waals surface area contributed by atoms with Gasteiger partial charge in [0.2, 0.25) is 0 Å². The van der Waals surface area contributed by atoms with Crippen LogP contribution >= 0.6 is 27.5 Å². The summed E-state index contributed by atoms with van der Waals surface area (Å²) in [6.45, 7) is 1.73. The fourth-order valence-corrected chi connectivity index (χ4v) is 1.29. The minimum Gasteiger partial charge on any atom is -0.318 e. The van der Waals surface area contributed by atoms with Gasteiger partial charge >= 0.3 is 0 Å². The quantitative estimate of drug-likeness (QED) is 0.572. The summed E-state index contributed by atoms with van der Waals surface area (Å²) < 4.78 is 13.9. The second-order valence-corrected chi connectivity index (χ2v) is 4.01. The smallest absolute Gasteiger partial charge is 0.158 e. The summed E-state index contributed by atoms with van der Waals surface area (Å²) in [5, 5.41) is 0.0430. The Morgan fingerprint density at radius 1 is 1.57 bits per heavy atom. The second kappa shape index (κ2) is 4.79. The average molecular weight is 277 g/mol. The van der Waals surface area contributed by atoms with E-state index in [1.165, 1.54) is 0 Å². The van der Waals surface area contributed by atoms with Gasteiger partial charge in [-0.05, 0) is 35.0 Å². The number of halogens is 3. The maximum absolute atomic E-state index is 13.4. The molecule has 0 spiro atoms. The lowest BCUT2D eigenvalue weighted by molar-refractivity contribution is 0.624. The van der Waals surface area contributed by atoms with E-state index in [1.807, 2.05) is 0 Å². The molecule has 1 unspecified atom stereocenters. The molecule has 0 radical (unpaired) electrons. The first-order valence-corrected chi connectivity index (χ1v) is 5.10. The summed E-state index contributed by atoms with van der Waals surface area (Å²) in [5.41, 5.74) is 5.68. The Labute approximate surface area is 95.6 Å². The summed E-state index contributed by atoms with van der Waals surface area (Å²) in [6, 6.07) is 2.92. The monoisotopic (exact) mass is 275 g/mol. The first-order valence-electron chi connectivity index (χ1n) is 3.93. The molecule has 1 rings (SSSR count). The molecular formula is C10H8BrClFN. The topological polar surface area (TPSA) is 26.0 Å². The molecule has 74 valence electrons. The first-order chi connectivity index (χ1) is 6.52. The number of hydrogen-bond donors (Lipinski definition) is 1. The number of hydrogen-bond acceptors (Lipinski definition) is 1. The van der Waals surface area contributed by atoms with Gasteiger partial charge in [-0.1, -0.05) is 23.4 Å². The molecule has 0 aliphatic heterocycles. The van der Waals surface area contributed by atoms with E-state index in [0.717, 1.165) is 0 Å². The maximum Gasteiger partial charge on any atom is 0.158 e. The molecule has 1 aromatic rings. The lowest BCUT2D eigenvalue weighted by Crippen LogP contribution is -2.11. The van der Waals surface area contributed by atoms with Crippen molar-refractivity contribution in [3.63, 3.8) is 0 Å². The van der Waals surface area contributed by atoms with Crippen LogP contribution in [0.4, 0.5) is 4.39 Å². The summed E-state index contributed by atoms with van der Waals surface area (Å²) in [5.74, 6) is 4.77. The van der Waals surface area contributed by atoms with Crippen molar-refractivity contribution in [1.82, 2.24) is 0 Å². The van der Waals surface area contributed by atoms with Crippen LogP contribution in [0.3, 0.4) is 0 Å². The molecule has 1 atom stereocenters. The molecule has 0 bridgehead atoms. The third-order valence-electron chi connectivity index (χ3n) is 1.47. The van der Waals surface area contributed by atoms with Gasteiger partial charge in [-0.15, -0.1) is 0 Å². The predicted octanol–water partition coefficient (Wildman–Crippen LogP) is 2.94. The minimum atomic E-state index is -0.519. The Balaban J connectivity index is 3.14. The summed E-state index contributed by atoms with van der Waals surface area (Å²) in [6.07, 6.45) is 0. The molecule has 0 aliphatic rings. The van der Waals surface area contributed by atoms with Gasteiger partial charge in [-0.3, -0.25) is 0 Å². The third-order valence-corrected chi connectivity index (χ3v) is 2.73. The molecule has 0 saturated heterocycles. The zero-order valence-electron chi connectivity index (χ0n) is 7.44. The van der Waals surface area contributed by atoms with Gasteiger partial charge in [-0.2, -0.15) is 0 Å². The van der Waals surface area contributed by atoms with Crippen molar-refractivity contribution in [2.75, 3.05) is 0 Å². The lowest BCUT2D eigenvalue weighted by atomic mass is 10.2. The molecule has 0 heterocycles. The van der Waals surface area contributed by atoms with E-state index in [4.69, 9.17) is 17.3 Å². The van der Waals surface area contributed by atoms with Crippen molar-refractivity contribution in [2.24, 2.45) is 5.73 Å². The maximum atomic E-state index is 13.4. The average Bonchev–Trinajstić information content (AvgIpc) is 2.13. The highest BCUT2D eigenvalue weighted by Crippen LogP contribution is 2.26. The molecule has 1 nitrogen and oxygen atoms in total. The molecule has 0 aromatic heterocycles. The number of benzene rings is 1. The Morgan fingerprint density at radius 2 is 2.21 bits per heavy atom. The van der Waals surface area contributed by atoms with Crippen LogP contribution in [0.5, 0.6) is 0 Å². The van der Waals surface area contributed by atoms with Crippen LogP contribution in [0, 0.1) is 17.7 Å². The third kappa shape index (κ3) is 2.71. The SMILES string of the molecule is CC(N)C#Cc1ccc(Br)c(Cl)c1F. The van der Waals surface area contributed by atoms with Gasteiger partial charge in [0.25, 0.3) is 0 Å². The summed E-state index contributed by atoms with van der Waals surface area (Å²) >= 11 is 8.79. The minimum absolute atomic E-state index is 0.0430. The van der Waals surface area contributed by atoms with E-state index in [0.29, 0.717) is 4.47 Å². The highest BCUT2D eigenvalue weighted by atomic mass is 79.9. The standard InChI is InChI=1S/C10H8BrClFN/c1-6(14)2-3-7-4-5-8(11)9(12)10(7)13/h4-6H,14H2,1H3. The molecule has 1 aromatic carbocycles. The Kier molecular flexibility index (Phi) is 3.94. The molecular weight excluding hydrogens is 268 g/mol. The van der Waals surface area contributed by atoms with Gasteiger partial charge in [0.1, 0.15) is 0 Å². The fraction of sp³-hybridized carbons (Fsp3) is 0.200. The Hall–Kier alpha value is -0.560. The second-order valence-electron chi connectivity index (χ2n) is 2.78. The summed E-state index contributed by atoms with van der Waals surface area (Å²) in [7, 11) is 0. The van der Waals surface area contributed by atoms with Crippen molar-refractivity contribution >= 4 is 27.5 Å². The van der Waals surface area contributed by atoms with Gasteiger partial charge in [0.15, 0.2) is 5.82 Å². The highest BCUT2D eigenvalue weighted by molar-refractivity contribution is 9.10. The molecule has 0 aliphatic carbocycles. The van der Waals surface area contributed by atoms with E-state index in [-0.39, 0.29) is 16.6 Å². The normalized spacial score (nSPS) is 11.8. The zero-order valence-corrected chi connectivity index (χ0v) is 9.79. The van der Waals surface area contributed by atoms with E-state index in [1.54, 1.807) is 19.1 Å². The first kappa shape index (κ1) is 11.5. The van der Waals surface area contributed by atoms with Crippen LogP contribution < -0.4 is 5.73 Å². The van der Waals surface area contributed by atoms with Crippen molar-refractivity contribution in [2.45, 2.75) is 13.0 Å². The van der Waals surface area contributed by atoms with Gasteiger partial charge in [0.05, 0.1) is 16.6 Å². The highest BCUT2D eigenvalue weighted by Gasteiger charge is 2.07. The zero-order chi connectivity index (χ0) is 10.7. The van der Waals surface area contributed by atoms with E-state index >= 15 is 0 Å². The molecule has 0 fully saturated rings. The van der Waals surface area contributed by atoms with E-state index in [9.17, 15) is 4.39 Å². The van der Waals surface area contributed by atoms with Crippen molar-refractivity contribution in [1.29, 1.82) is 0 Å². The van der Waals surface area contributed by atoms with E-state index < -0.39 is 5.82 Å². The molecule has 0 saturated carbocycles. The van der Waals surface area contributed by atoms with Crippen LogP contribution in [0.25, 0.3) is 0 Å². The summed E-state index contributed by atoms with van der Waals surface area (Å²) in [4.78, 5) is 0. The lowest BCUT2D eigenvalue weighted by Gasteiger charge is -1.99. The van der Waals surface area contributed by atoms with Gasteiger partial charge in [0, 0.05) is 4.47 Å². The molecule has 0 amide bonds. The number of rotatable bonds is 0. The Morgan fingerprint density at radius 3 is 2.79 bits per heavy atom. The van der Waals surface area contributed by atoms with Crippen molar-refractivity contribution in [3.8, 4) is 11.8 Å². The van der Waals surface area contributed by atoms with E-state index in [2.05, 4.69) is 27.8 Å². The largest absolute Gasteiger partial charge is 0.318 e. The number of nitrogens with two attached hydrogens (primary N) is 1.